The molecule has 6 nitrogen and oxygen atoms in total. The van der Waals surface area contributed by atoms with Gasteiger partial charge in [0.25, 0.3) is 10.0 Å². The first-order valence-corrected chi connectivity index (χ1v) is 11.0. The van der Waals surface area contributed by atoms with E-state index in [2.05, 4.69) is 5.32 Å². The Hall–Kier alpha value is -3.39. The molecule has 0 unspecified atom stereocenters. The lowest BCUT2D eigenvalue weighted by molar-refractivity contribution is -0.120. The molecule has 3 aromatic rings. The first kappa shape index (κ1) is 22.3. The average Bonchev–Trinajstić information content (AvgIpc) is 2.78. The fourth-order valence-electron chi connectivity index (χ4n) is 3.16. The molecular weight excluding hydrogens is 419 g/mol. The van der Waals surface area contributed by atoms with Gasteiger partial charge in [-0.25, -0.2) is 12.8 Å². The second kappa shape index (κ2) is 9.61. The van der Waals surface area contributed by atoms with Crippen LogP contribution in [0.4, 0.5) is 10.1 Å². The molecular formula is C23H23FN2O4S. The number of halogens is 1. The van der Waals surface area contributed by atoms with E-state index < -0.39 is 34.3 Å². The third kappa shape index (κ3) is 5.21. The van der Waals surface area contributed by atoms with Crippen molar-refractivity contribution in [3.63, 3.8) is 0 Å². The van der Waals surface area contributed by atoms with Crippen molar-refractivity contribution >= 4 is 21.6 Å². The van der Waals surface area contributed by atoms with Crippen LogP contribution in [0.1, 0.15) is 18.5 Å². The highest BCUT2D eigenvalue weighted by molar-refractivity contribution is 7.92. The maximum Gasteiger partial charge on any atom is 0.264 e. The van der Waals surface area contributed by atoms with E-state index in [0.29, 0.717) is 11.4 Å². The number of sulfonamides is 1. The normalized spacial score (nSPS) is 12.1. The summed E-state index contributed by atoms with van der Waals surface area (Å²) in [6, 6.07) is 19.6. The van der Waals surface area contributed by atoms with Gasteiger partial charge in [-0.2, -0.15) is 0 Å². The topological polar surface area (TPSA) is 75.7 Å². The number of hydrogen-bond donors (Lipinski definition) is 1. The van der Waals surface area contributed by atoms with Crippen LogP contribution < -0.4 is 14.4 Å². The van der Waals surface area contributed by atoms with Gasteiger partial charge < -0.3 is 10.1 Å². The Morgan fingerprint density at radius 1 is 1.00 bits per heavy atom. The number of methoxy groups -OCH3 is 1. The lowest BCUT2D eigenvalue weighted by Gasteiger charge is -2.25. The van der Waals surface area contributed by atoms with Crippen LogP contribution in [0.2, 0.25) is 0 Å². The van der Waals surface area contributed by atoms with Gasteiger partial charge in [0.2, 0.25) is 5.91 Å². The minimum Gasteiger partial charge on any atom is -0.496 e. The zero-order valence-electron chi connectivity index (χ0n) is 17.2. The zero-order valence-corrected chi connectivity index (χ0v) is 18.0. The van der Waals surface area contributed by atoms with Crippen molar-refractivity contribution < 1.29 is 22.3 Å². The van der Waals surface area contributed by atoms with Gasteiger partial charge in [-0.05, 0) is 49.4 Å². The summed E-state index contributed by atoms with van der Waals surface area (Å²) >= 11 is 0. The largest absolute Gasteiger partial charge is 0.496 e. The second-order valence-electron chi connectivity index (χ2n) is 6.83. The van der Waals surface area contributed by atoms with Crippen LogP contribution in [0.3, 0.4) is 0 Å². The Morgan fingerprint density at radius 2 is 1.61 bits per heavy atom. The summed E-state index contributed by atoms with van der Waals surface area (Å²) < 4.78 is 46.1. The molecule has 0 radical (unpaired) electrons. The maximum absolute atomic E-state index is 13.3. The molecule has 0 heterocycles. The van der Waals surface area contributed by atoms with Crippen molar-refractivity contribution in [2.75, 3.05) is 18.0 Å². The van der Waals surface area contributed by atoms with Gasteiger partial charge in [0.15, 0.2) is 0 Å². The molecule has 0 saturated heterocycles. The Bertz CT molecular complexity index is 1140. The monoisotopic (exact) mass is 442 g/mol. The molecule has 162 valence electrons. The van der Waals surface area contributed by atoms with Gasteiger partial charge >= 0.3 is 0 Å². The summed E-state index contributed by atoms with van der Waals surface area (Å²) in [7, 11) is -2.56. The fraction of sp³-hybridized carbons (Fsp3) is 0.174. The third-order valence-electron chi connectivity index (χ3n) is 4.72. The maximum atomic E-state index is 13.3. The van der Waals surface area contributed by atoms with E-state index in [1.807, 2.05) is 18.2 Å². The summed E-state index contributed by atoms with van der Waals surface area (Å²) in [4.78, 5) is 12.7. The zero-order chi connectivity index (χ0) is 22.4. The number of rotatable bonds is 8. The summed E-state index contributed by atoms with van der Waals surface area (Å²) in [5.74, 6) is -0.421. The van der Waals surface area contributed by atoms with Crippen LogP contribution in [0, 0.1) is 5.82 Å². The van der Waals surface area contributed by atoms with E-state index >= 15 is 0 Å². The minimum atomic E-state index is -4.10. The van der Waals surface area contributed by atoms with E-state index in [9.17, 15) is 17.6 Å². The highest BCUT2D eigenvalue weighted by Crippen LogP contribution is 2.26. The molecule has 0 spiro atoms. The third-order valence-corrected chi connectivity index (χ3v) is 6.50. The number of anilines is 1. The van der Waals surface area contributed by atoms with Crippen molar-refractivity contribution in [2.45, 2.75) is 17.9 Å². The Kier molecular flexibility index (Phi) is 6.91. The quantitative estimate of drug-likeness (QED) is 0.574. The molecule has 0 aromatic heterocycles. The second-order valence-corrected chi connectivity index (χ2v) is 8.69. The number of amides is 1. The van der Waals surface area contributed by atoms with Gasteiger partial charge in [-0.3, -0.25) is 9.10 Å². The first-order valence-electron chi connectivity index (χ1n) is 9.58. The molecule has 0 bridgehead atoms. The van der Waals surface area contributed by atoms with E-state index in [1.165, 1.54) is 12.1 Å². The number of benzene rings is 3. The lowest BCUT2D eigenvalue weighted by Crippen LogP contribution is -2.41. The number of para-hydroxylation sites is 2. The highest BCUT2D eigenvalue weighted by atomic mass is 32.2. The molecule has 1 amide bonds. The van der Waals surface area contributed by atoms with Gasteiger partial charge in [0.05, 0.1) is 23.7 Å². The lowest BCUT2D eigenvalue weighted by atomic mass is 10.1. The van der Waals surface area contributed by atoms with Crippen molar-refractivity contribution in [3.05, 3.63) is 90.2 Å². The van der Waals surface area contributed by atoms with Crippen molar-refractivity contribution in [2.24, 2.45) is 0 Å². The van der Waals surface area contributed by atoms with Crippen LogP contribution in [-0.4, -0.2) is 28.0 Å². The van der Waals surface area contributed by atoms with Crippen molar-refractivity contribution in [1.29, 1.82) is 0 Å². The molecule has 0 aliphatic rings. The van der Waals surface area contributed by atoms with Crippen LogP contribution >= 0.6 is 0 Å². The van der Waals surface area contributed by atoms with E-state index in [-0.39, 0.29) is 4.90 Å². The fourth-order valence-corrected chi connectivity index (χ4v) is 4.58. The summed E-state index contributed by atoms with van der Waals surface area (Å²) in [6.07, 6.45) is 0. The smallest absolute Gasteiger partial charge is 0.264 e. The summed E-state index contributed by atoms with van der Waals surface area (Å²) in [5.41, 5.74) is 1.10. The van der Waals surface area contributed by atoms with Crippen LogP contribution in [0.15, 0.2) is 83.8 Å². The SMILES string of the molecule is COc1ccccc1[C@@H](C)NC(=O)CN(c1ccccc1)S(=O)(=O)c1ccc(F)cc1. The standard InChI is InChI=1S/C23H23FN2O4S/c1-17(21-10-6-7-11-22(21)30-2)25-23(27)16-26(19-8-4-3-5-9-19)31(28,29)20-14-12-18(24)13-15-20/h3-15,17H,16H2,1-2H3,(H,25,27)/t17-/m1/s1. The van der Waals surface area contributed by atoms with E-state index in [4.69, 9.17) is 4.74 Å². The number of ether oxygens (including phenoxy) is 1. The van der Waals surface area contributed by atoms with Gasteiger partial charge in [-0.1, -0.05) is 36.4 Å². The predicted octanol–water partition coefficient (Wildman–Crippen LogP) is 3.91. The Morgan fingerprint density at radius 3 is 2.26 bits per heavy atom. The van der Waals surface area contributed by atoms with Crippen LogP contribution in [0.5, 0.6) is 5.75 Å². The molecule has 3 aromatic carbocycles. The minimum absolute atomic E-state index is 0.108. The van der Waals surface area contributed by atoms with E-state index in [1.54, 1.807) is 50.4 Å². The molecule has 0 fully saturated rings. The van der Waals surface area contributed by atoms with Gasteiger partial charge in [0.1, 0.15) is 18.1 Å². The summed E-state index contributed by atoms with van der Waals surface area (Å²) in [6.45, 7) is 1.35. The van der Waals surface area contributed by atoms with Gasteiger partial charge in [-0.15, -0.1) is 0 Å². The van der Waals surface area contributed by atoms with Gasteiger partial charge in [0, 0.05) is 5.56 Å². The molecule has 8 heteroatoms. The molecule has 1 N–H and O–H groups in total. The molecule has 0 aliphatic carbocycles. The van der Waals surface area contributed by atoms with Crippen LogP contribution in [0.25, 0.3) is 0 Å². The number of nitrogens with one attached hydrogen (secondary N) is 1. The van der Waals surface area contributed by atoms with Crippen molar-refractivity contribution in [1.82, 2.24) is 5.32 Å². The average molecular weight is 443 g/mol. The number of carbonyl (C=O) groups is 1. The first-order chi connectivity index (χ1) is 14.8. The number of nitrogens with zero attached hydrogens (tertiary/aromatic N) is 1. The molecule has 31 heavy (non-hydrogen) atoms. The van der Waals surface area contributed by atoms with Crippen molar-refractivity contribution in [3.8, 4) is 5.75 Å². The number of hydrogen-bond acceptors (Lipinski definition) is 4. The highest BCUT2D eigenvalue weighted by Gasteiger charge is 2.28. The molecule has 0 aliphatic heterocycles. The molecule has 0 saturated carbocycles. The van der Waals surface area contributed by atoms with Crippen LogP contribution in [-0.2, 0) is 14.8 Å². The summed E-state index contributed by atoms with van der Waals surface area (Å²) in [5, 5.41) is 2.82. The molecule has 1 atom stereocenters. The Labute approximate surface area is 181 Å². The predicted molar refractivity (Wildman–Crippen MR) is 117 cm³/mol. The molecule has 3 rings (SSSR count). The van der Waals surface area contributed by atoms with E-state index in [0.717, 1.165) is 22.0 Å². The number of carbonyl (C=O) groups excluding carboxylic acids is 1. The Balaban J connectivity index is 1.87.